The minimum atomic E-state index is -0.326. The number of fused-ring (bicyclic) bond motifs is 1. The van der Waals surface area contributed by atoms with Gasteiger partial charge >= 0.3 is 5.63 Å². The van der Waals surface area contributed by atoms with Crippen LogP contribution in [0.1, 0.15) is 36.5 Å². The van der Waals surface area contributed by atoms with Gasteiger partial charge < -0.3 is 9.15 Å². The number of benzene rings is 2. The molecule has 3 nitrogen and oxygen atoms in total. The molecule has 26 heavy (non-hydrogen) atoms. The van der Waals surface area contributed by atoms with E-state index in [1.165, 1.54) is 0 Å². The van der Waals surface area contributed by atoms with Crippen LogP contribution in [-0.2, 0) is 13.0 Å². The first-order chi connectivity index (χ1) is 12.5. The fourth-order valence-electron chi connectivity index (χ4n) is 2.93. The maximum Gasteiger partial charge on any atom is 0.336 e. The standard InChI is InChI=1S/C21H20Cl2O3/c1-3-4-5-15-11-20(24)26-21-13(2)19(9-7-16(15)21)25-12-14-6-8-17(22)18(23)10-14/h6-11H,3-5,12H2,1-2H3. The summed E-state index contributed by atoms with van der Waals surface area (Å²) in [6, 6.07) is 10.9. The minimum absolute atomic E-state index is 0.326. The molecule has 0 saturated carbocycles. The second-order valence-electron chi connectivity index (χ2n) is 6.30. The Balaban J connectivity index is 1.91. The Kier molecular flexibility index (Phi) is 5.90. The van der Waals surface area contributed by atoms with Crippen LogP contribution in [-0.4, -0.2) is 0 Å². The monoisotopic (exact) mass is 390 g/mol. The van der Waals surface area contributed by atoms with Gasteiger partial charge in [-0.2, -0.15) is 0 Å². The fourth-order valence-corrected chi connectivity index (χ4v) is 3.25. The summed E-state index contributed by atoms with van der Waals surface area (Å²) in [4.78, 5) is 11.9. The van der Waals surface area contributed by atoms with Crippen molar-refractivity contribution in [3.05, 3.63) is 73.6 Å². The molecule has 5 heteroatoms. The molecule has 0 unspecified atom stereocenters. The van der Waals surface area contributed by atoms with E-state index in [2.05, 4.69) is 6.92 Å². The van der Waals surface area contributed by atoms with Gasteiger partial charge in [0.25, 0.3) is 0 Å². The summed E-state index contributed by atoms with van der Waals surface area (Å²) in [6.45, 7) is 4.38. The molecule has 0 aliphatic heterocycles. The van der Waals surface area contributed by atoms with Crippen molar-refractivity contribution in [3.63, 3.8) is 0 Å². The lowest BCUT2D eigenvalue weighted by molar-refractivity contribution is 0.304. The molecule has 0 spiro atoms. The van der Waals surface area contributed by atoms with Gasteiger partial charge in [-0.25, -0.2) is 4.79 Å². The highest BCUT2D eigenvalue weighted by atomic mass is 35.5. The first-order valence-corrected chi connectivity index (χ1v) is 9.38. The molecule has 0 aliphatic rings. The van der Waals surface area contributed by atoms with Crippen molar-refractivity contribution in [2.24, 2.45) is 0 Å². The molecule has 1 heterocycles. The summed E-state index contributed by atoms with van der Waals surface area (Å²) in [5.74, 6) is 0.680. The zero-order valence-corrected chi connectivity index (χ0v) is 16.3. The van der Waals surface area contributed by atoms with E-state index < -0.39 is 0 Å². The number of halogens is 2. The molecular formula is C21H20Cl2O3. The molecule has 3 rings (SSSR count). The van der Waals surface area contributed by atoms with Crippen LogP contribution in [0, 0.1) is 6.92 Å². The summed E-state index contributed by atoms with van der Waals surface area (Å²) >= 11 is 12.0. The third kappa shape index (κ3) is 4.05. The number of rotatable bonds is 6. The van der Waals surface area contributed by atoms with Crippen LogP contribution in [0.25, 0.3) is 11.0 Å². The van der Waals surface area contributed by atoms with Crippen molar-refractivity contribution >= 4 is 34.2 Å². The molecule has 136 valence electrons. The molecular weight excluding hydrogens is 371 g/mol. The van der Waals surface area contributed by atoms with Gasteiger partial charge in [0.05, 0.1) is 10.0 Å². The predicted molar refractivity (Wildman–Crippen MR) is 107 cm³/mol. The number of aryl methyl sites for hydroxylation is 2. The number of ether oxygens (including phenoxy) is 1. The van der Waals surface area contributed by atoms with Crippen molar-refractivity contribution in [1.82, 2.24) is 0 Å². The maximum atomic E-state index is 11.9. The van der Waals surface area contributed by atoms with Crippen LogP contribution in [0.15, 0.2) is 45.6 Å². The lowest BCUT2D eigenvalue weighted by atomic mass is 10.0. The molecule has 0 atom stereocenters. The van der Waals surface area contributed by atoms with Crippen LogP contribution in [0.3, 0.4) is 0 Å². The average Bonchev–Trinajstić information content (AvgIpc) is 2.62. The third-order valence-corrected chi connectivity index (χ3v) is 5.11. The van der Waals surface area contributed by atoms with Gasteiger partial charge in [0, 0.05) is 17.0 Å². The Morgan fingerprint density at radius 2 is 1.88 bits per heavy atom. The van der Waals surface area contributed by atoms with Gasteiger partial charge in [-0.1, -0.05) is 42.6 Å². The Hall–Kier alpha value is -1.97. The molecule has 0 fully saturated rings. The number of unbranched alkanes of at least 4 members (excludes halogenated alkanes) is 1. The highest BCUT2D eigenvalue weighted by Crippen LogP contribution is 2.30. The predicted octanol–water partition coefficient (Wildman–Crippen LogP) is 6.33. The Labute approximate surface area is 162 Å². The summed E-state index contributed by atoms with van der Waals surface area (Å²) in [5, 5.41) is 1.98. The lowest BCUT2D eigenvalue weighted by Gasteiger charge is -2.13. The van der Waals surface area contributed by atoms with E-state index in [0.29, 0.717) is 28.0 Å². The van der Waals surface area contributed by atoms with Crippen molar-refractivity contribution in [2.45, 2.75) is 39.7 Å². The van der Waals surface area contributed by atoms with E-state index in [1.54, 1.807) is 18.2 Å². The average molecular weight is 391 g/mol. The van der Waals surface area contributed by atoms with Crippen LogP contribution in [0.2, 0.25) is 10.0 Å². The van der Waals surface area contributed by atoms with E-state index in [0.717, 1.165) is 41.3 Å². The Bertz CT molecular complexity index is 992. The number of hydrogen-bond donors (Lipinski definition) is 0. The van der Waals surface area contributed by atoms with Crippen molar-refractivity contribution in [2.75, 3.05) is 0 Å². The highest BCUT2D eigenvalue weighted by molar-refractivity contribution is 6.42. The molecule has 0 saturated heterocycles. The van der Waals surface area contributed by atoms with E-state index >= 15 is 0 Å². The van der Waals surface area contributed by atoms with Gasteiger partial charge in [0.15, 0.2) is 0 Å². The Morgan fingerprint density at radius 3 is 2.62 bits per heavy atom. The zero-order valence-electron chi connectivity index (χ0n) is 14.8. The zero-order chi connectivity index (χ0) is 18.7. The van der Waals surface area contributed by atoms with E-state index in [4.69, 9.17) is 32.4 Å². The maximum absolute atomic E-state index is 11.9. The fraction of sp³-hybridized carbons (Fsp3) is 0.286. The van der Waals surface area contributed by atoms with Gasteiger partial charge in [0.1, 0.15) is 17.9 Å². The number of hydrogen-bond acceptors (Lipinski definition) is 3. The second-order valence-corrected chi connectivity index (χ2v) is 7.11. The normalized spacial score (nSPS) is 11.1. The largest absolute Gasteiger partial charge is 0.488 e. The first kappa shape index (κ1) is 18.8. The van der Waals surface area contributed by atoms with Gasteiger partial charge in [-0.3, -0.25) is 0 Å². The summed E-state index contributed by atoms with van der Waals surface area (Å²) < 4.78 is 11.4. The Morgan fingerprint density at radius 1 is 1.08 bits per heavy atom. The van der Waals surface area contributed by atoms with Crippen LogP contribution >= 0.6 is 23.2 Å². The van der Waals surface area contributed by atoms with Gasteiger partial charge in [-0.15, -0.1) is 0 Å². The SMILES string of the molecule is CCCCc1cc(=O)oc2c(C)c(OCc3ccc(Cl)c(Cl)c3)ccc12. The highest BCUT2D eigenvalue weighted by Gasteiger charge is 2.12. The van der Waals surface area contributed by atoms with Gasteiger partial charge in [-0.05, 0) is 55.2 Å². The molecule has 0 aliphatic carbocycles. The van der Waals surface area contributed by atoms with Crippen molar-refractivity contribution in [3.8, 4) is 5.75 Å². The van der Waals surface area contributed by atoms with Crippen LogP contribution in [0.4, 0.5) is 0 Å². The molecule has 3 aromatic rings. The van der Waals surface area contributed by atoms with Crippen molar-refractivity contribution in [1.29, 1.82) is 0 Å². The van der Waals surface area contributed by atoms with Crippen LogP contribution < -0.4 is 10.4 Å². The van der Waals surface area contributed by atoms with Gasteiger partial charge in [0.2, 0.25) is 0 Å². The van der Waals surface area contributed by atoms with Crippen LogP contribution in [0.5, 0.6) is 5.75 Å². The smallest absolute Gasteiger partial charge is 0.336 e. The van der Waals surface area contributed by atoms with Crippen molar-refractivity contribution < 1.29 is 9.15 Å². The quantitative estimate of drug-likeness (QED) is 0.461. The first-order valence-electron chi connectivity index (χ1n) is 8.62. The van der Waals surface area contributed by atoms with E-state index in [-0.39, 0.29) is 5.63 Å². The summed E-state index contributed by atoms with van der Waals surface area (Å²) in [5.41, 5.74) is 3.02. The molecule has 0 bridgehead atoms. The third-order valence-electron chi connectivity index (χ3n) is 4.37. The summed E-state index contributed by atoms with van der Waals surface area (Å²) in [6.07, 6.45) is 2.97. The van der Waals surface area contributed by atoms with E-state index in [1.807, 2.05) is 25.1 Å². The molecule has 0 amide bonds. The summed E-state index contributed by atoms with van der Waals surface area (Å²) in [7, 11) is 0. The topological polar surface area (TPSA) is 39.4 Å². The van der Waals surface area contributed by atoms with E-state index in [9.17, 15) is 4.79 Å². The molecule has 2 aromatic carbocycles. The molecule has 0 radical (unpaired) electrons. The molecule has 0 N–H and O–H groups in total. The minimum Gasteiger partial charge on any atom is -0.488 e. The molecule has 1 aromatic heterocycles. The second kappa shape index (κ2) is 8.15. The lowest BCUT2D eigenvalue weighted by Crippen LogP contribution is -2.03.